The van der Waals surface area contributed by atoms with E-state index in [-0.39, 0.29) is 5.91 Å². The van der Waals surface area contributed by atoms with Crippen molar-refractivity contribution in [1.82, 2.24) is 9.47 Å². The van der Waals surface area contributed by atoms with Gasteiger partial charge in [0.25, 0.3) is 0 Å². The quantitative estimate of drug-likeness (QED) is 0.680. The molecule has 0 radical (unpaired) electrons. The Balaban J connectivity index is 1.30. The first kappa shape index (κ1) is 17.9. The maximum atomic E-state index is 12.6. The Bertz CT molecular complexity index is 940. The molecule has 0 aliphatic carbocycles. The van der Waals surface area contributed by atoms with Crippen LogP contribution >= 0.6 is 11.6 Å². The number of carbonyl (C=O) groups excluding carboxylic acids is 1. The van der Waals surface area contributed by atoms with Crippen molar-refractivity contribution in [2.45, 2.75) is 12.8 Å². The lowest BCUT2D eigenvalue weighted by Gasteiger charge is -2.36. The highest BCUT2D eigenvalue weighted by Gasteiger charge is 2.21. The highest BCUT2D eigenvalue weighted by molar-refractivity contribution is 6.30. The molecule has 140 valence electrons. The van der Waals surface area contributed by atoms with Gasteiger partial charge >= 0.3 is 0 Å². The molecule has 1 aliphatic heterocycles. The summed E-state index contributed by atoms with van der Waals surface area (Å²) in [5, 5.41) is 1.99. The van der Waals surface area contributed by atoms with Gasteiger partial charge in [0.1, 0.15) is 0 Å². The van der Waals surface area contributed by atoms with Gasteiger partial charge in [0, 0.05) is 62.1 Å². The van der Waals surface area contributed by atoms with Gasteiger partial charge in [-0.25, -0.2) is 0 Å². The predicted octanol–water partition coefficient (Wildman–Crippen LogP) is 4.11. The lowest BCUT2D eigenvalue weighted by molar-refractivity contribution is -0.131. The van der Waals surface area contributed by atoms with Crippen LogP contribution in [0.25, 0.3) is 10.9 Å². The zero-order valence-electron chi connectivity index (χ0n) is 15.6. The zero-order chi connectivity index (χ0) is 18.8. The van der Waals surface area contributed by atoms with Crippen LogP contribution < -0.4 is 4.90 Å². The van der Waals surface area contributed by atoms with E-state index in [0.29, 0.717) is 6.42 Å². The molecule has 1 saturated heterocycles. The van der Waals surface area contributed by atoms with Gasteiger partial charge in [-0.15, -0.1) is 0 Å². The molecule has 0 N–H and O–H groups in total. The van der Waals surface area contributed by atoms with Gasteiger partial charge < -0.3 is 14.4 Å². The van der Waals surface area contributed by atoms with Crippen molar-refractivity contribution < 1.29 is 4.79 Å². The number of aromatic nitrogens is 1. The Labute approximate surface area is 164 Å². The van der Waals surface area contributed by atoms with E-state index in [2.05, 4.69) is 47.0 Å². The van der Waals surface area contributed by atoms with Gasteiger partial charge in [0.05, 0.1) is 0 Å². The van der Waals surface area contributed by atoms with Crippen LogP contribution in [-0.2, 0) is 18.3 Å². The predicted molar refractivity (Wildman–Crippen MR) is 111 cm³/mol. The molecule has 3 aromatic rings. The molecule has 0 atom stereocenters. The standard InChI is InChI=1S/C22H24ClN3O/c1-24-11-10-18-16-17(2-8-21(18)24)3-9-22(27)26-14-12-25(13-15-26)20-6-4-19(23)5-7-20/h2,4-8,10-11,16H,3,9,12-15H2,1H3. The summed E-state index contributed by atoms with van der Waals surface area (Å²) in [6.07, 6.45) is 3.43. The highest BCUT2D eigenvalue weighted by Crippen LogP contribution is 2.20. The van der Waals surface area contributed by atoms with E-state index < -0.39 is 0 Å². The largest absolute Gasteiger partial charge is 0.368 e. The fraction of sp³-hybridized carbons (Fsp3) is 0.318. The molecule has 0 saturated carbocycles. The van der Waals surface area contributed by atoms with E-state index in [1.54, 1.807) is 0 Å². The van der Waals surface area contributed by atoms with Gasteiger partial charge in [0.2, 0.25) is 5.91 Å². The molecule has 1 aromatic heterocycles. The summed E-state index contributed by atoms with van der Waals surface area (Å²) < 4.78 is 2.12. The first-order chi connectivity index (χ1) is 13.1. The molecule has 4 rings (SSSR count). The monoisotopic (exact) mass is 381 g/mol. The molecule has 0 unspecified atom stereocenters. The second-order valence-corrected chi connectivity index (χ2v) is 7.60. The molecular formula is C22H24ClN3O. The highest BCUT2D eigenvalue weighted by atomic mass is 35.5. The van der Waals surface area contributed by atoms with Crippen LogP contribution in [0.2, 0.25) is 5.02 Å². The third-order valence-corrected chi connectivity index (χ3v) is 5.65. The molecule has 4 nitrogen and oxygen atoms in total. The van der Waals surface area contributed by atoms with Crippen molar-refractivity contribution in [2.24, 2.45) is 7.05 Å². The van der Waals surface area contributed by atoms with Crippen molar-refractivity contribution in [3.05, 3.63) is 65.3 Å². The normalized spacial score (nSPS) is 14.7. The number of rotatable bonds is 4. The molecule has 0 bridgehead atoms. The topological polar surface area (TPSA) is 28.5 Å². The fourth-order valence-corrected chi connectivity index (χ4v) is 3.89. The minimum Gasteiger partial charge on any atom is -0.368 e. The number of piperazine rings is 1. The van der Waals surface area contributed by atoms with Crippen molar-refractivity contribution >= 4 is 34.1 Å². The van der Waals surface area contributed by atoms with Crippen LogP contribution in [0, 0.1) is 0 Å². The number of fused-ring (bicyclic) bond motifs is 1. The molecule has 0 spiro atoms. The number of halogens is 1. The minimum absolute atomic E-state index is 0.249. The fourth-order valence-electron chi connectivity index (χ4n) is 3.76. The summed E-state index contributed by atoms with van der Waals surface area (Å²) in [6, 6.07) is 16.5. The number of nitrogens with zero attached hydrogens (tertiary/aromatic N) is 3. The summed E-state index contributed by atoms with van der Waals surface area (Å²) in [7, 11) is 2.05. The summed E-state index contributed by atoms with van der Waals surface area (Å²) in [4.78, 5) is 16.9. The number of benzene rings is 2. The maximum absolute atomic E-state index is 12.6. The first-order valence-corrected chi connectivity index (χ1v) is 9.80. The molecular weight excluding hydrogens is 358 g/mol. The van der Waals surface area contributed by atoms with E-state index in [9.17, 15) is 4.79 Å². The van der Waals surface area contributed by atoms with Gasteiger partial charge in [-0.05, 0) is 59.8 Å². The average Bonchev–Trinajstić information content (AvgIpc) is 3.07. The van der Waals surface area contributed by atoms with Crippen molar-refractivity contribution in [1.29, 1.82) is 0 Å². The van der Waals surface area contributed by atoms with E-state index >= 15 is 0 Å². The number of anilines is 1. The van der Waals surface area contributed by atoms with Crippen LogP contribution in [0.5, 0.6) is 0 Å². The smallest absolute Gasteiger partial charge is 0.223 e. The van der Waals surface area contributed by atoms with Crippen LogP contribution in [0.4, 0.5) is 5.69 Å². The van der Waals surface area contributed by atoms with Crippen LogP contribution in [-0.4, -0.2) is 41.6 Å². The van der Waals surface area contributed by atoms with Crippen LogP contribution in [0.3, 0.4) is 0 Å². The Morgan fingerprint density at radius 1 is 1.00 bits per heavy atom. The molecule has 1 amide bonds. The summed E-state index contributed by atoms with van der Waals surface area (Å²) in [5.41, 5.74) is 3.62. The van der Waals surface area contributed by atoms with Crippen molar-refractivity contribution in [3.8, 4) is 0 Å². The van der Waals surface area contributed by atoms with E-state index in [1.807, 2.05) is 29.2 Å². The number of carbonyl (C=O) groups is 1. The van der Waals surface area contributed by atoms with E-state index in [0.717, 1.165) is 37.6 Å². The number of hydrogen-bond acceptors (Lipinski definition) is 2. The summed E-state index contributed by atoms with van der Waals surface area (Å²) >= 11 is 5.96. The van der Waals surface area contributed by atoms with Crippen molar-refractivity contribution in [2.75, 3.05) is 31.1 Å². The van der Waals surface area contributed by atoms with Gasteiger partial charge in [-0.2, -0.15) is 0 Å². The van der Waals surface area contributed by atoms with E-state index in [1.165, 1.54) is 22.2 Å². The van der Waals surface area contributed by atoms with Gasteiger partial charge in [0.15, 0.2) is 0 Å². The Hall–Kier alpha value is -2.46. The SMILES string of the molecule is Cn1ccc2cc(CCC(=O)N3CCN(c4ccc(Cl)cc4)CC3)ccc21. The van der Waals surface area contributed by atoms with Gasteiger partial charge in [-0.1, -0.05) is 17.7 Å². The average molecular weight is 382 g/mol. The molecule has 5 heteroatoms. The van der Waals surface area contributed by atoms with Gasteiger partial charge in [-0.3, -0.25) is 4.79 Å². The molecule has 1 aliphatic rings. The third-order valence-electron chi connectivity index (χ3n) is 5.40. The molecule has 1 fully saturated rings. The summed E-state index contributed by atoms with van der Waals surface area (Å²) in [5.74, 6) is 0.249. The first-order valence-electron chi connectivity index (χ1n) is 9.42. The Morgan fingerprint density at radius 3 is 2.48 bits per heavy atom. The zero-order valence-corrected chi connectivity index (χ0v) is 16.3. The molecule has 2 heterocycles. The van der Waals surface area contributed by atoms with E-state index in [4.69, 9.17) is 11.6 Å². The second-order valence-electron chi connectivity index (χ2n) is 7.16. The Morgan fingerprint density at radius 2 is 1.74 bits per heavy atom. The number of hydrogen-bond donors (Lipinski definition) is 0. The maximum Gasteiger partial charge on any atom is 0.223 e. The Kier molecular flexibility index (Phi) is 5.08. The number of amides is 1. The van der Waals surface area contributed by atoms with Crippen LogP contribution in [0.15, 0.2) is 54.7 Å². The number of aryl methyl sites for hydroxylation is 2. The molecule has 27 heavy (non-hydrogen) atoms. The lowest BCUT2D eigenvalue weighted by atomic mass is 10.1. The third kappa shape index (κ3) is 3.96. The minimum atomic E-state index is 0.249. The molecule has 2 aromatic carbocycles. The second kappa shape index (κ2) is 7.65. The lowest BCUT2D eigenvalue weighted by Crippen LogP contribution is -2.48. The summed E-state index contributed by atoms with van der Waals surface area (Å²) in [6.45, 7) is 3.28. The van der Waals surface area contributed by atoms with Crippen molar-refractivity contribution in [3.63, 3.8) is 0 Å². The van der Waals surface area contributed by atoms with Crippen LogP contribution in [0.1, 0.15) is 12.0 Å².